The van der Waals surface area contributed by atoms with Crippen LogP contribution in [0.3, 0.4) is 0 Å². The SMILES string of the molecule is NCCCC(=O)N[C@@H](CCc1c[nH]c2ccc(O)cc12)C(=O)N[C@@H](Cc1ccc(Cl)cc1)C(=O)N[C@@H](Cc1ccncc1)C(=O)NCCc1cccc2ccccc12. The van der Waals surface area contributed by atoms with Gasteiger partial charge in [-0.05, 0) is 108 Å². The van der Waals surface area contributed by atoms with Crippen molar-refractivity contribution in [3.05, 3.63) is 143 Å². The maximum Gasteiger partial charge on any atom is 0.243 e. The Labute approximate surface area is 342 Å². The molecule has 0 bridgehead atoms. The van der Waals surface area contributed by atoms with Gasteiger partial charge in [0.1, 0.15) is 23.9 Å². The van der Waals surface area contributed by atoms with E-state index in [-0.39, 0.29) is 43.2 Å². The first kappa shape index (κ1) is 41.4. The number of amides is 4. The number of phenolic OH excluding ortho intramolecular Hbond substituents is 1. The molecule has 0 saturated heterocycles. The molecule has 0 aliphatic rings. The largest absolute Gasteiger partial charge is 0.508 e. The van der Waals surface area contributed by atoms with E-state index in [0.29, 0.717) is 37.4 Å². The summed E-state index contributed by atoms with van der Waals surface area (Å²) in [5.41, 5.74) is 9.91. The molecule has 6 rings (SSSR count). The molecule has 6 aromatic rings. The van der Waals surface area contributed by atoms with E-state index in [1.807, 2.05) is 42.6 Å². The molecule has 0 radical (unpaired) electrons. The molecular formula is C45H48ClN7O5. The summed E-state index contributed by atoms with van der Waals surface area (Å²) in [6, 6.07) is 26.5. The minimum atomic E-state index is -1.13. The maximum atomic E-state index is 14.3. The van der Waals surface area contributed by atoms with Gasteiger partial charge in [0.2, 0.25) is 23.6 Å². The van der Waals surface area contributed by atoms with Crippen molar-refractivity contribution in [1.29, 1.82) is 0 Å². The van der Waals surface area contributed by atoms with Crippen LogP contribution in [0.1, 0.15) is 41.5 Å². The Morgan fingerprint density at radius 2 is 1.41 bits per heavy atom. The fraction of sp³-hybridized carbons (Fsp3) is 0.267. The predicted octanol–water partition coefficient (Wildman–Crippen LogP) is 5.05. The number of carbonyl (C=O) groups is 4. The molecule has 4 aromatic carbocycles. The number of hydrogen-bond donors (Lipinski definition) is 7. The highest BCUT2D eigenvalue weighted by atomic mass is 35.5. The monoisotopic (exact) mass is 801 g/mol. The highest BCUT2D eigenvalue weighted by Gasteiger charge is 2.30. The molecule has 0 saturated carbocycles. The van der Waals surface area contributed by atoms with Crippen LogP contribution in [0.2, 0.25) is 5.02 Å². The molecule has 2 aromatic heterocycles. The molecule has 3 atom stereocenters. The van der Waals surface area contributed by atoms with Crippen molar-refractivity contribution in [3.8, 4) is 5.75 Å². The van der Waals surface area contributed by atoms with Crippen molar-refractivity contribution in [2.75, 3.05) is 13.1 Å². The zero-order valence-electron chi connectivity index (χ0n) is 32.0. The molecule has 0 unspecified atom stereocenters. The van der Waals surface area contributed by atoms with Gasteiger partial charge in [0, 0.05) is 60.3 Å². The van der Waals surface area contributed by atoms with Gasteiger partial charge in [-0.1, -0.05) is 66.2 Å². The average molecular weight is 802 g/mol. The second-order valence-electron chi connectivity index (χ2n) is 14.3. The Morgan fingerprint density at radius 3 is 2.17 bits per heavy atom. The Hall–Kier alpha value is -6.24. The van der Waals surface area contributed by atoms with Crippen molar-refractivity contribution in [2.45, 2.75) is 63.1 Å². The minimum absolute atomic E-state index is 0.0784. The smallest absolute Gasteiger partial charge is 0.243 e. The molecular weight excluding hydrogens is 754 g/mol. The first-order valence-electron chi connectivity index (χ1n) is 19.4. The lowest BCUT2D eigenvalue weighted by molar-refractivity contribution is -0.133. The summed E-state index contributed by atoms with van der Waals surface area (Å²) in [5, 5.41) is 25.3. The van der Waals surface area contributed by atoms with Gasteiger partial charge in [-0.15, -0.1) is 0 Å². The van der Waals surface area contributed by atoms with Crippen LogP contribution in [0.4, 0.5) is 0 Å². The van der Waals surface area contributed by atoms with Crippen LogP contribution in [0.5, 0.6) is 5.75 Å². The highest BCUT2D eigenvalue weighted by Crippen LogP contribution is 2.24. The van der Waals surface area contributed by atoms with Crippen molar-refractivity contribution < 1.29 is 24.3 Å². The number of fused-ring (bicyclic) bond motifs is 2. The summed E-state index contributed by atoms with van der Waals surface area (Å²) in [7, 11) is 0. The number of aromatic nitrogens is 2. The van der Waals surface area contributed by atoms with E-state index in [9.17, 15) is 24.3 Å². The number of carbonyl (C=O) groups excluding carboxylic acids is 4. The second-order valence-corrected chi connectivity index (χ2v) is 14.7. The highest BCUT2D eigenvalue weighted by molar-refractivity contribution is 6.30. The number of aromatic hydroxyl groups is 1. The number of pyridine rings is 1. The number of nitrogens with two attached hydrogens (primary N) is 1. The fourth-order valence-electron chi connectivity index (χ4n) is 7.00. The summed E-state index contributed by atoms with van der Waals surface area (Å²) in [6.07, 6.45) is 7.02. The molecule has 4 amide bonds. The van der Waals surface area contributed by atoms with E-state index in [4.69, 9.17) is 17.3 Å². The quantitative estimate of drug-likeness (QED) is 0.0597. The number of rotatable bonds is 19. The van der Waals surface area contributed by atoms with Crippen molar-refractivity contribution in [3.63, 3.8) is 0 Å². The van der Waals surface area contributed by atoms with Gasteiger partial charge in [0.15, 0.2) is 0 Å². The standard InChI is InChI=1S/C45H48ClN7O5/c46-34-13-10-29(11-14-34)25-41(53-44(57)39(51-42(55)9-4-21-47)16-12-33-28-50-38-17-15-35(54)27-37(33)38)45(58)52-40(26-30-18-22-48-23-19-30)43(56)49-24-20-32-7-3-6-31-5-1-2-8-36(31)32/h1-3,5-8,10-11,13-15,17-19,22-23,27-28,39-41,50,54H,4,9,12,16,20-21,24-26,47H2,(H,49,56)(H,51,55)(H,52,58)(H,53,57)/t39-,40-,41-/m0/s1. The van der Waals surface area contributed by atoms with Crippen LogP contribution in [0.15, 0.2) is 116 Å². The lowest BCUT2D eigenvalue weighted by atomic mass is 10.0. The summed E-state index contributed by atoms with van der Waals surface area (Å²) >= 11 is 6.17. The van der Waals surface area contributed by atoms with E-state index in [1.54, 1.807) is 67.0 Å². The van der Waals surface area contributed by atoms with Gasteiger partial charge < -0.3 is 37.1 Å². The molecule has 0 aliphatic heterocycles. The maximum absolute atomic E-state index is 14.3. The summed E-state index contributed by atoms with van der Waals surface area (Å²) in [4.78, 5) is 62.7. The number of aromatic amines is 1. The molecule has 0 aliphatic carbocycles. The molecule has 12 nitrogen and oxygen atoms in total. The van der Waals surface area contributed by atoms with E-state index in [2.05, 4.69) is 37.3 Å². The van der Waals surface area contributed by atoms with Gasteiger partial charge in [-0.3, -0.25) is 24.2 Å². The minimum Gasteiger partial charge on any atom is -0.508 e. The predicted molar refractivity (Wildman–Crippen MR) is 226 cm³/mol. The van der Waals surface area contributed by atoms with Gasteiger partial charge in [-0.25, -0.2) is 0 Å². The first-order chi connectivity index (χ1) is 28.2. The number of phenols is 1. The number of aryl methyl sites for hydroxylation is 1. The van der Waals surface area contributed by atoms with E-state index in [0.717, 1.165) is 43.9 Å². The number of halogens is 1. The van der Waals surface area contributed by atoms with Crippen LogP contribution < -0.4 is 27.0 Å². The molecule has 300 valence electrons. The third-order valence-corrected chi connectivity index (χ3v) is 10.3. The fourth-order valence-corrected chi connectivity index (χ4v) is 7.12. The molecule has 0 spiro atoms. The first-order valence-corrected chi connectivity index (χ1v) is 19.8. The molecule has 58 heavy (non-hydrogen) atoms. The lowest BCUT2D eigenvalue weighted by Gasteiger charge is -2.26. The molecule has 13 heteroatoms. The average Bonchev–Trinajstić information content (AvgIpc) is 3.63. The topological polar surface area (TPSA) is 191 Å². The van der Waals surface area contributed by atoms with Crippen molar-refractivity contribution >= 4 is 56.9 Å². The summed E-state index contributed by atoms with van der Waals surface area (Å²) in [5.74, 6) is -1.76. The van der Waals surface area contributed by atoms with Crippen molar-refractivity contribution in [1.82, 2.24) is 31.2 Å². The molecule has 8 N–H and O–H groups in total. The molecule has 2 heterocycles. The Balaban J connectivity index is 1.21. The van der Waals surface area contributed by atoms with Crippen LogP contribution in [0.25, 0.3) is 21.7 Å². The van der Waals surface area contributed by atoms with E-state index < -0.39 is 29.9 Å². The zero-order valence-corrected chi connectivity index (χ0v) is 32.8. The van der Waals surface area contributed by atoms with Crippen LogP contribution in [-0.4, -0.2) is 69.9 Å². The Bertz CT molecular complexity index is 2330. The third-order valence-electron chi connectivity index (χ3n) is 10.1. The lowest BCUT2D eigenvalue weighted by Crippen LogP contribution is -2.58. The van der Waals surface area contributed by atoms with Gasteiger partial charge in [-0.2, -0.15) is 0 Å². The normalized spacial score (nSPS) is 12.7. The number of hydrogen-bond acceptors (Lipinski definition) is 7. The van der Waals surface area contributed by atoms with Crippen LogP contribution in [-0.2, 0) is 44.9 Å². The van der Waals surface area contributed by atoms with E-state index >= 15 is 0 Å². The Kier molecular flexibility index (Phi) is 14.5. The summed E-state index contributed by atoms with van der Waals surface area (Å²) < 4.78 is 0. The number of nitrogens with zero attached hydrogens (tertiary/aromatic N) is 1. The van der Waals surface area contributed by atoms with Crippen LogP contribution in [0, 0.1) is 0 Å². The van der Waals surface area contributed by atoms with Crippen LogP contribution >= 0.6 is 11.6 Å². The number of benzene rings is 4. The van der Waals surface area contributed by atoms with Crippen molar-refractivity contribution in [2.24, 2.45) is 5.73 Å². The molecule has 0 fully saturated rings. The zero-order chi connectivity index (χ0) is 40.9. The number of H-pyrrole nitrogens is 1. The second kappa shape index (κ2) is 20.3. The Morgan fingerprint density at radius 1 is 0.724 bits per heavy atom. The van der Waals surface area contributed by atoms with Gasteiger partial charge >= 0.3 is 0 Å². The van der Waals surface area contributed by atoms with E-state index in [1.165, 1.54) is 0 Å². The number of nitrogens with one attached hydrogen (secondary N) is 5. The van der Waals surface area contributed by atoms with Gasteiger partial charge in [0.05, 0.1) is 0 Å². The third kappa shape index (κ3) is 11.4. The summed E-state index contributed by atoms with van der Waals surface area (Å²) in [6.45, 7) is 0.645. The van der Waals surface area contributed by atoms with Gasteiger partial charge in [0.25, 0.3) is 0 Å².